The van der Waals surface area contributed by atoms with Crippen LogP contribution in [0.25, 0.3) is 22.5 Å². The summed E-state index contributed by atoms with van der Waals surface area (Å²) in [6.45, 7) is 12.0. The molecule has 0 N–H and O–H groups in total. The van der Waals surface area contributed by atoms with Crippen LogP contribution in [-0.4, -0.2) is 9.97 Å². The fourth-order valence-corrected chi connectivity index (χ4v) is 4.05. The number of nitrogens with zero attached hydrogens (tertiary/aromatic N) is 4. The van der Waals surface area contributed by atoms with E-state index in [1.54, 1.807) is 0 Å². The van der Waals surface area contributed by atoms with E-state index in [1.807, 2.05) is 41.5 Å². The summed E-state index contributed by atoms with van der Waals surface area (Å²) in [5.41, 5.74) is 9.52. The second-order valence-electron chi connectivity index (χ2n) is 7.39. The fraction of sp³-hybridized carbons (Fsp3) is 0.250. The fourth-order valence-electron chi connectivity index (χ4n) is 4.05. The zero-order valence-electron chi connectivity index (χ0n) is 17.1. The molecule has 3 aromatic rings. The van der Waals surface area contributed by atoms with E-state index in [-0.39, 0.29) is 11.4 Å². The first kappa shape index (κ1) is 19.3. The van der Waals surface area contributed by atoms with Gasteiger partial charge in [-0.25, -0.2) is 9.97 Å². The molecule has 0 aliphatic heterocycles. The van der Waals surface area contributed by atoms with Crippen molar-refractivity contribution >= 4 is 0 Å². The first-order chi connectivity index (χ1) is 13.3. The van der Waals surface area contributed by atoms with Gasteiger partial charge in [-0.05, 0) is 63.8 Å². The highest BCUT2D eigenvalue weighted by molar-refractivity contribution is 5.77. The van der Waals surface area contributed by atoms with Crippen LogP contribution in [0.4, 0.5) is 0 Å². The minimum atomic E-state index is 0.239. The number of aromatic nitrogens is 2. The first-order valence-corrected chi connectivity index (χ1v) is 9.15. The lowest BCUT2D eigenvalue weighted by Gasteiger charge is -2.16. The van der Waals surface area contributed by atoms with Gasteiger partial charge in [-0.3, -0.25) is 0 Å². The van der Waals surface area contributed by atoms with E-state index < -0.39 is 0 Å². The number of nitriles is 2. The van der Waals surface area contributed by atoms with Crippen LogP contribution in [0.5, 0.6) is 0 Å². The highest BCUT2D eigenvalue weighted by atomic mass is 14.9. The summed E-state index contributed by atoms with van der Waals surface area (Å²) in [4.78, 5) is 9.24. The molecule has 0 amide bonds. The number of aryl methyl sites for hydroxylation is 6. The first-order valence-electron chi connectivity index (χ1n) is 9.15. The molecule has 0 unspecified atom stereocenters. The van der Waals surface area contributed by atoms with Crippen LogP contribution in [0.1, 0.15) is 44.8 Å². The third kappa shape index (κ3) is 3.26. The highest BCUT2D eigenvalue weighted by Crippen LogP contribution is 2.34. The molecule has 0 radical (unpaired) electrons. The smallest absolute Gasteiger partial charge is 0.167 e. The van der Waals surface area contributed by atoms with Crippen molar-refractivity contribution in [1.82, 2.24) is 9.97 Å². The second-order valence-corrected chi connectivity index (χ2v) is 7.39. The molecule has 138 valence electrons. The minimum Gasteiger partial charge on any atom is -0.232 e. The highest BCUT2D eigenvalue weighted by Gasteiger charge is 2.21. The molecule has 3 rings (SSSR count). The predicted molar refractivity (Wildman–Crippen MR) is 111 cm³/mol. The number of rotatable bonds is 2. The van der Waals surface area contributed by atoms with Gasteiger partial charge in [-0.1, -0.05) is 35.4 Å². The molecule has 1 heterocycles. The molecule has 4 nitrogen and oxygen atoms in total. The summed E-state index contributed by atoms with van der Waals surface area (Å²) in [5, 5.41) is 19.6. The molecule has 0 atom stereocenters. The van der Waals surface area contributed by atoms with Gasteiger partial charge in [0.05, 0.1) is 0 Å². The minimum absolute atomic E-state index is 0.239. The standard InChI is InChI=1S/C24H22N4/c1-13-7-15(3)21(16(4)8-13)23-19(11-25)28-24(20(12-26)27-23)22-17(5)9-14(2)10-18(22)6/h7-10H,1-6H3. The van der Waals surface area contributed by atoms with E-state index in [1.165, 1.54) is 0 Å². The van der Waals surface area contributed by atoms with Gasteiger partial charge < -0.3 is 0 Å². The van der Waals surface area contributed by atoms with E-state index in [4.69, 9.17) is 0 Å². The van der Waals surface area contributed by atoms with Crippen molar-refractivity contribution in [3.63, 3.8) is 0 Å². The van der Waals surface area contributed by atoms with Crippen molar-refractivity contribution in [3.05, 3.63) is 69.0 Å². The number of benzene rings is 2. The van der Waals surface area contributed by atoms with Crippen LogP contribution in [0.15, 0.2) is 24.3 Å². The normalized spacial score (nSPS) is 10.4. The summed E-state index contributed by atoms with van der Waals surface area (Å²) in [6, 6.07) is 12.6. The van der Waals surface area contributed by atoms with Crippen molar-refractivity contribution in [3.8, 4) is 34.7 Å². The Morgan fingerprint density at radius 3 is 1.11 bits per heavy atom. The molecule has 0 saturated carbocycles. The van der Waals surface area contributed by atoms with E-state index >= 15 is 0 Å². The SMILES string of the molecule is Cc1cc(C)c(-c2nc(C#N)c(-c3c(C)cc(C)cc3C)nc2C#N)c(C)c1. The molecule has 28 heavy (non-hydrogen) atoms. The molecule has 0 bridgehead atoms. The van der Waals surface area contributed by atoms with Crippen LogP contribution >= 0.6 is 0 Å². The Bertz CT molecular complexity index is 1050. The molecule has 0 spiro atoms. The Kier molecular flexibility index (Phi) is 4.99. The molecule has 0 fully saturated rings. The van der Waals surface area contributed by atoms with Crippen LogP contribution in [-0.2, 0) is 0 Å². The van der Waals surface area contributed by atoms with Crippen molar-refractivity contribution in [2.75, 3.05) is 0 Å². The molecule has 1 aromatic heterocycles. The summed E-state index contributed by atoms with van der Waals surface area (Å²) < 4.78 is 0. The summed E-state index contributed by atoms with van der Waals surface area (Å²) in [6.07, 6.45) is 0. The zero-order chi connectivity index (χ0) is 20.6. The molecule has 0 aliphatic rings. The van der Waals surface area contributed by atoms with E-state index in [0.29, 0.717) is 11.4 Å². The molecule has 4 heteroatoms. The number of hydrogen-bond donors (Lipinski definition) is 0. The Hall–Kier alpha value is -3.50. The maximum Gasteiger partial charge on any atom is 0.167 e. The van der Waals surface area contributed by atoms with Gasteiger partial charge in [0.15, 0.2) is 11.4 Å². The maximum atomic E-state index is 9.80. The Labute approximate surface area is 166 Å². The molecular formula is C24H22N4. The molecular weight excluding hydrogens is 344 g/mol. The third-order valence-electron chi connectivity index (χ3n) is 4.94. The summed E-state index contributed by atoms with van der Waals surface area (Å²) in [7, 11) is 0. The Morgan fingerprint density at radius 1 is 0.571 bits per heavy atom. The molecule has 2 aromatic carbocycles. The van der Waals surface area contributed by atoms with Crippen molar-refractivity contribution in [2.24, 2.45) is 0 Å². The zero-order valence-corrected chi connectivity index (χ0v) is 17.1. The van der Waals surface area contributed by atoms with Crippen LogP contribution in [0.2, 0.25) is 0 Å². The van der Waals surface area contributed by atoms with Crippen LogP contribution in [0, 0.1) is 64.2 Å². The maximum absolute atomic E-state index is 9.80. The van der Waals surface area contributed by atoms with Crippen molar-refractivity contribution in [2.45, 2.75) is 41.5 Å². The Balaban J connectivity index is 2.36. The van der Waals surface area contributed by atoms with Crippen LogP contribution < -0.4 is 0 Å². The average Bonchev–Trinajstić information content (AvgIpc) is 2.60. The summed E-state index contributed by atoms with van der Waals surface area (Å²) >= 11 is 0. The lowest BCUT2D eigenvalue weighted by Crippen LogP contribution is -2.05. The van der Waals surface area contributed by atoms with E-state index in [0.717, 1.165) is 44.5 Å². The topological polar surface area (TPSA) is 73.4 Å². The lowest BCUT2D eigenvalue weighted by atomic mass is 9.94. The quantitative estimate of drug-likeness (QED) is 0.608. The average molecular weight is 366 g/mol. The number of hydrogen-bond acceptors (Lipinski definition) is 4. The van der Waals surface area contributed by atoms with Gasteiger partial charge in [-0.2, -0.15) is 10.5 Å². The van der Waals surface area contributed by atoms with E-state index in [9.17, 15) is 10.5 Å². The predicted octanol–water partition coefficient (Wildman–Crippen LogP) is 5.40. The Morgan fingerprint density at radius 2 is 0.857 bits per heavy atom. The van der Waals surface area contributed by atoms with Gasteiger partial charge in [-0.15, -0.1) is 0 Å². The largest absolute Gasteiger partial charge is 0.232 e. The molecule has 0 aliphatic carbocycles. The van der Waals surface area contributed by atoms with Gasteiger partial charge in [0, 0.05) is 11.1 Å². The van der Waals surface area contributed by atoms with Crippen LogP contribution in [0.3, 0.4) is 0 Å². The van der Waals surface area contributed by atoms with Gasteiger partial charge in [0.25, 0.3) is 0 Å². The third-order valence-corrected chi connectivity index (χ3v) is 4.94. The van der Waals surface area contributed by atoms with Crippen molar-refractivity contribution < 1.29 is 0 Å². The monoisotopic (exact) mass is 366 g/mol. The molecule has 0 saturated heterocycles. The second kappa shape index (κ2) is 7.25. The summed E-state index contributed by atoms with van der Waals surface area (Å²) in [5.74, 6) is 0. The van der Waals surface area contributed by atoms with E-state index in [2.05, 4.69) is 46.4 Å². The van der Waals surface area contributed by atoms with Crippen molar-refractivity contribution in [1.29, 1.82) is 10.5 Å². The van der Waals surface area contributed by atoms with Gasteiger partial charge in [0.1, 0.15) is 23.5 Å². The van der Waals surface area contributed by atoms with Gasteiger partial charge >= 0.3 is 0 Å². The van der Waals surface area contributed by atoms with Gasteiger partial charge in [0.2, 0.25) is 0 Å². The lowest BCUT2D eigenvalue weighted by molar-refractivity contribution is 1.12.